The van der Waals surface area contributed by atoms with E-state index in [2.05, 4.69) is 10.6 Å². The molecule has 0 saturated carbocycles. The molecule has 1 amide bonds. The van der Waals surface area contributed by atoms with Crippen LogP contribution in [0.15, 0.2) is 42.5 Å². The van der Waals surface area contributed by atoms with Gasteiger partial charge in [0, 0.05) is 13.2 Å². The Hall–Kier alpha value is -1.95. The first-order chi connectivity index (χ1) is 11.7. The molecule has 1 aliphatic heterocycles. The Morgan fingerprint density at radius 3 is 2.76 bits per heavy atom. The lowest BCUT2D eigenvalue weighted by atomic mass is 9.99. The van der Waals surface area contributed by atoms with Gasteiger partial charge in [-0.3, -0.25) is 4.79 Å². The van der Waals surface area contributed by atoms with E-state index in [0.29, 0.717) is 25.1 Å². The average Bonchev–Trinajstić information content (AvgIpc) is 2.63. The lowest BCUT2D eigenvalue weighted by Gasteiger charge is -2.21. The number of hydrogen-bond acceptors (Lipinski definition) is 3. The largest absolute Gasteiger partial charge is 0.364 e. The van der Waals surface area contributed by atoms with Crippen LogP contribution in [0.3, 0.4) is 0 Å². The van der Waals surface area contributed by atoms with Crippen molar-refractivity contribution in [2.45, 2.75) is 26.0 Å². The summed E-state index contributed by atoms with van der Waals surface area (Å²) in [5, 5.41) is 5.90. The number of anilines is 1. The van der Waals surface area contributed by atoms with E-state index in [1.54, 1.807) is 6.07 Å². The molecule has 0 bridgehead atoms. The second kappa shape index (κ2) is 8.94. The van der Waals surface area contributed by atoms with E-state index in [-0.39, 0.29) is 29.8 Å². The summed E-state index contributed by atoms with van der Waals surface area (Å²) < 4.78 is 20.3. The van der Waals surface area contributed by atoms with Crippen LogP contribution in [0.4, 0.5) is 10.1 Å². The predicted octanol–water partition coefficient (Wildman–Crippen LogP) is 3.61. The first kappa shape index (κ1) is 19.4. The van der Waals surface area contributed by atoms with Gasteiger partial charge < -0.3 is 15.4 Å². The standard InChI is InChI=1S/C19H21FN2O2.ClH/c1-2-24-18(13-6-4-3-5-7-13)19(23)22-16-9-8-14-12-21-11-10-15(14)17(16)20;/h3-9,18,21H,2,10-12H2,1H3,(H,22,23);1H. The second-order valence-corrected chi connectivity index (χ2v) is 5.73. The minimum absolute atomic E-state index is 0. The third-order valence-corrected chi connectivity index (χ3v) is 4.14. The van der Waals surface area contributed by atoms with Gasteiger partial charge in [0.1, 0.15) is 5.82 Å². The molecule has 1 unspecified atom stereocenters. The number of ether oxygens (including phenoxy) is 1. The smallest absolute Gasteiger partial charge is 0.258 e. The highest BCUT2D eigenvalue weighted by molar-refractivity contribution is 5.95. The number of carbonyl (C=O) groups is 1. The van der Waals surface area contributed by atoms with E-state index in [0.717, 1.165) is 17.7 Å². The van der Waals surface area contributed by atoms with Crippen molar-refractivity contribution < 1.29 is 13.9 Å². The van der Waals surface area contributed by atoms with Crippen molar-refractivity contribution in [2.24, 2.45) is 0 Å². The molecule has 3 rings (SSSR count). The van der Waals surface area contributed by atoms with E-state index < -0.39 is 6.10 Å². The first-order valence-electron chi connectivity index (χ1n) is 8.19. The van der Waals surface area contributed by atoms with Crippen molar-refractivity contribution in [1.82, 2.24) is 5.32 Å². The molecule has 1 aliphatic rings. The molecule has 0 saturated heterocycles. The fourth-order valence-corrected chi connectivity index (χ4v) is 2.95. The first-order valence-corrected chi connectivity index (χ1v) is 8.19. The fourth-order valence-electron chi connectivity index (χ4n) is 2.95. The van der Waals surface area contributed by atoms with Gasteiger partial charge in [-0.15, -0.1) is 12.4 Å². The Labute approximate surface area is 153 Å². The zero-order valence-corrected chi connectivity index (χ0v) is 14.9. The molecule has 2 aromatic carbocycles. The van der Waals surface area contributed by atoms with Gasteiger partial charge in [-0.05, 0) is 42.6 Å². The molecular weight excluding hydrogens is 343 g/mol. The molecule has 0 aliphatic carbocycles. The van der Waals surface area contributed by atoms with E-state index in [1.165, 1.54) is 0 Å². The molecule has 0 aromatic heterocycles. The number of carbonyl (C=O) groups excluding carboxylic acids is 1. The lowest BCUT2D eigenvalue weighted by molar-refractivity contribution is -0.127. The van der Waals surface area contributed by atoms with Gasteiger partial charge in [-0.25, -0.2) is 4.39 Å². The predicted molar refractivity (Wildman–Crippen MR) is 98.5 cm³/mol. The summed E-state index contributed by atoms with van der Waals surface area (Å²) in [6, 6.07) is 12.7. The monoisotopic (exact) mass is 364 g/mol. The van der Waals surface area contributed by atoms with Crippen molar-refractivity contribution in [3.8, 4) is 0 Å². The van der Waals surface area contributed by atoms with Crippen LogP contribution in [-0.4, -0.2) is 19.1 Å². The van der Waals surface area contributed by atoms with E-state index >= 15 is 0 Å². The Bertz CT molecular complexity index is 725. The second-order valence-electron chi connectivity index (χ2n) is 5.73. The van der Waals surface area contributed by atoms with Crippen LogP contribution in [0, 0.1) is 5.82 Å². The fraction of sp³-hybridized carbons (Fsp3) is 0.316. The summed E-state index contributed by atoms with van der Waals surface area (Å²) in [5.41, 5.74) is 2.58. The summed E-state index contributed by atoms with van der Waals surface area (Å²) in [7, 11) is 0. The van der Waals surface area contributed by atoms with Crippen LogP contribution in [-0.2, 0) is 22.5 Å². The zero-order chi connectivity index (χ0) is 16.9. The van der Waals surface area contributed by atoms with Gasteiger partial charge in [-0.1, -0.05) is 36.4 Å². The van der Waals surface area contributed by atoms with Crippen molar-refractivity contribution in [1.29, 1.82) is 0 Å². The molecule has 134 valence electrons. The van der Waals surface area contributed by atoms with Crippen molar-refractivity contribution in [3.05, 3.63) is 65.0 Å². The Balaban J connectivity index is 0.00000225. The highest BCUT2D eigenvalue weighted by Crippen LogP contribution is 2.26. The van der Waals surface area contributed by atoms with Crippen LogP contribution >= 0.6 is 12.4 Å². The third kappa shape index (κ3) is 4.37. The number of halogens is 2. The SMILES string of the molecule is CCOC(C(=O)Nc1ccc2c(c1F)CCNC2)c1ccccc1.Cl. The average molecular weight is 365 g/mol. The number of fused-ring (bicyclic) bond motifs is 1. The molecule has 1 heterocycles. The van der Waals surface area contributed by atoms with E-state index in [4.69, 9.17) is 4.74 Å². The third-order valence-electron chi connectivity index (χ3n) is 4.14. The molecule has 2 aromatic rings. The summed E-state index contributed by atoms with van der Waals surface area (Å²) in [6.45, 7) is 3.62. The molecule has 4 nitrogen and oxygen atoms in total. The van der Waals surface area contributed by atoms with Gasteiger partial charge in [0.25, 0.3) is 5.91 Å². The maximum atomic E-state index is 14.7. The number of rotatable bonds is 5. The Morgan fingerprint density at radius 1 is 1.28 bits per heavy atom. The molecule has 1 atom stereocenters. The van der Waals surface area contributed by atoms with E-state index in [9.17, 15) is 9.18 Å². The maximum Gasteiger partial charge on any atom is 0.258 e. The van der Waals surface area contributed by atoms with Crippen LogP contribution in [0.1, 0.15) is 29.7 Å². The summed E-state index contributed by atoms with van der Waals surface area (Å²) in [6.07, 6.45) is -0.133. The van der Waals surface area contributed by atoms with Gasteiger partial charge in [0.05, 0.1) is 5.69 Å². The van der Waals surface area contributed by atoms with Gasteiger partial charge in [0.2, 0.25) is 0 Å². The van der Waals surface area contributed by atoms with Gasteiger partial charge in [-0.2, -0.15) is 0 Å². The van der Waals surface area contributed by atoms with Crippen LogP contribution < -0.4 is 10.6 Å². The van der Waals surface area contributed by atoms with Crippen molar-refractivity contribution in [3.63, 3.8) is 0 Å². The molecule has 6 heteroatoms. The highest BCUT2D eigenvalue weighted by atomic mass is 35.5. The number of amides is 1. The minimum Gasteiger partial charge on any atom is -0.364 e. The molecule has 25 heavy (non-hydrogen) atoms. The highest BCUT2D eigenvalue weighted by Gasteiger charge is 2.23. The summed E-state index contributed by atoms with van der Waals surface area (Å²) in [5.74, 6) is -0.707. The minimum atomic E-state index is -0.756. The van der Waals surface area contributed by atoms with E-state index in [1.807, 2.05) is 43.3 Å². The van der Waals surface area contributed by atoms with Gasteiger partial charge >= 0.3 is 0 Å². The van der Waals surface area contributed by atoms with Gasteiger partial charge in [0.15, 0.2) is 6.10 Å². The summed E-state index contributed by atoms with van der Waals surface area (Å²) >= 11 is 0. The number of hydrogen-bond donors (Lipinski definition) is 2. The number of nitrogens with one attached hydrogen (secondary N) is 2. The number of benzene rings is 2. The molecule has 2 N–H and O–H groups in total. The molecule has 0 radical (unpaired) electrons. The molecular formula is C19H22ClFN2O2. The topological polar surface area (TPSA) is 50.4 Å². The summed E-state index contributed by atoms with van der Waals surface area (Å²) in [4.78, 5) is 12.6. The Morgan fingerprint density at radius 2 is 2.04 bits per heavy atom. The molecule has 0 spiro atoms. The quantitative estimate of drug-likeness (QED) is 0.852. The zero-order valence-electron chi connectivity index (χ0n) is 14.0. The molecule has 0 fully saturated rings. The Kier molecular flexibility index (Phi) is 6.93. The van der Waals surface area contributed by atoms with Crippen LogP contribution in [0.5, 0.6) is 0 Å². The van der Waals surface area contributed by atoms with Crippen LogP contribution in [0.25, 0.3) is 0 Å². The van der Waals surface area contributed by atoms with Crippen molar-refractivity contribution >= 4 is 24.0 Å². The lowest BCUT2D eigenvalue weighted by Crippen LogP contribution is -2.27. The van der Waals surface area contributed by atoms with Crippen molar-refractivity contribution in [2.75, 3.05) is 18.5 Å². The maximum absolute atomic E-state index is 14.7. The normalized spacial score (nSPS) is 14.2. The van der Waals surface area contributed by atoms with Crippen LogP contribution in [0.2, 0.25) is 0 Å².